The number of hydrogen-bond donors (Lipinski definition) is 1. The van der Waals surface area contributed by atoms with E-state index in [1.807, 2.05) is 0 Å². The quantitative estimate of drug-likeness (QED) is 0.645. The fourth-order valence-corrected chi connectivity index (χ4v) is 1.26. The summed E-state index contributed by atoms with van der Waals surface area (Å²) >= 11 is 0. The van der Waals surface area contributed by atoms with Gasteiger partial charge in [0.05, 0.1) is 19.2 Å². The lowest BCUT2D eigenvalue weighted by atomic mass is 10.2. The van der Waals surface area contributed by atoms with Crippen LogP contribution in [0.25, 0.3) is 0 Å². The van der Waals surface area contributed by atoms with Gasteiger partial charge in [0.2, 0.25) is 0 Å². The summed E-state index contributed by atoms with van der Waals surface area (Å²) in [7, 11) is 1.23. The second kappa shape index (κ2) is 6.62. The highest BCUT2D eigenvalue weighted by Gasteiger charge is 2.18. The van der Waals surface area contributed by atoms with Crippen molar-refractivity contribution in [3.8, 4) is 17.6 Å². The molecule has 4 nitrogen and oxygen atoms in total. The van der Waals surface area contributed by atoms with Gasteiger partial charge in [-0.25, -0.2) is 9.18 Å². The molecule has 0 heterocycles. The van der Waals surface area contributed by atoms with Gasteiger partial charge in [-0.15, -0.1) is 0 Å². The molecule has 0 radical (unpaired) electrons. The molecule has 0 aromatic heterocycles. The first-order valence-electron chi connectivity index (χ1n) is 5.32. The minimum absolute atomic E-state index is 0.0728. The number of nitrogens with two attached hydrogens (primary N) is 1. The molecule has 0 bridgehead atoms. The predicted molar refractivity (Wildman–Crippen MR) is 64.4 cm³/mol. The monoisotopic (exact) mass is 251 g/mol. The molecule has 18 heavy (non-hydrogen) atoms. The maximum Gasteiger partial charge on any atom is 0.346 e. The van der Waals surface area contributed by atoms with Gasteiger partial charge in [-0.05, 0) is 19.1 Å². The van der Waals surface area contributed by atoms with Crippen LogP contribution in [-0.4, -0.2) is 25.7 Å². The Balaban J connectivity index is 3.03. The Labute approximate surface area is 105 Å². The molecule has 1 unspecified atom stereocenters. The zero-order valence-electron chi connectivity index (χ0n) is 10.2. The number of rotatable bonds is 3. The highest BCUT2D eigenvalue weighted by atomic mass is 19.1. The van der Waals surface area contributed by atoms with Gasteiger partial charge >= 0.3 is 5.97 Å². The van der Waals surface area contributed by atoms with Crippen LogP contribution in [0, 0.1) is 17.7 Å². The minimum Gasteiger partial charge on any atom is -0.475 e. The molecule has 0 amide bonds. The number of methoxy groups -OCH3 is 1. The fraction of sp³-hybridized carbons (Fsp3) is 0.308. The van der Waals surface area contributed by atoms with E-state index in [0.29, 0.717) is 5.56 Å². The normalized spacial score (nSPS) is 11.1. The van der Waals surface area contributed by atoms with Gasteiger partial charge in [0.1, 0.15) is 0 Å². The van der Waals surface area contributed by atoms with Crippen molar-refractivity contribution in [3.63, 3.8) is 0 Å². The highest BCUT2D eigenvalue weighted by molar-refractivity contribution is 5.74. The van der Waals surface area contributed by atoms with Crippen LogP contribution >= 0.6 is 0 Å². The van der Waals surface area contributed by atoms with E-state index in [4.69, 9.17) is 10.5 Å². The first-order chi connectivity index (χ1) is 8.60. The third-order valence-electron chi connectivity index (χ3n) is 2.12. The van der Waals surface area contributed by atoms with E-state index in [0.717, 1.165) is 0 Å². The SMILES string of the molecule is COC(=O)C(C)Oc1c(F)cccc1C#CCN. The molecule has 0 fully saturated rings. The van der Waals surface area contributed by atoms with E-state index in [1.54, 1.807) is 6.07 Å². The predicted octanol–water partition coefficient (Wildman–Crippen LogP) is 1.08. The maximum absolute atomic E-state index is 13.6. The Morgan fingerprint density at radius 1 is 1.56 bits per heavy atom. The van der Waals surface area contributed by atoms with Crippen molar-refractivity contribution in [1.29, 1.82) is 0 Å². The second-order valence-corrected chi connectivity index (χ2v) is 3.41. The van der Waals surface area contributed by atoms with Gasteiger partial charge < -0.3 is 15.2 Å². The molecule has 1 rings (SSSR count). The molecule has 96 valence electrons. The van der Waals surface area contributed by atoms with Gasteiger partial charge in [-0.2, -0.15) is 0 Å². The van der Waals surface area contributed by atoms with Crippen LogP contribution in [0.5, 0.6) is 5.75 Å². The van der Waals surface area contributed by atoms with Crippen LogP contribution in [0.2, 0.25) is 0 Å². The number of carbonyl (C=O) groups is 1. The molecule has 1 aromatic carbocycles. The Kier molecular flexibility index (Phi) is 5.15. The van der Waals surface area contributed by atoms with Crippen LogP contribution in [-0.2, 0) is 9.53 Å². The summed E-state index contributed by atoms with van der Waals surface area (Å²) in [6.45, 7) is 1.63. The number of ether oxygens (including phenoxy) is 2. The Morgan fingerprint density at radius 3 is 2.89 bits per heavy atom. The van der Waals surface area contributed by atoms with Crippen molar-refractivity contribution in [2.24, 2.45) is 5.73 Å². The number of carbonyl (C=O) groups excluding carboxylic acids is 1. The van der Waals surface area contributed by atoms with Crippen molar-refractivity contribution in [1.82, 2.24) is 0 Å². The molecular weight excluding hydrogens is 237 g/mol. The number of para-hydroxylation sites is 1. The first kappa shape index (κ1) is 14.0. The van der Waals surface area contributed by atoms with E-state index < -0.39 is 17.9 Å². The Bertz CT molecular complexity index is 491. The summed E-state index contributed by atoms with van der Waals surface area (Å²) in [4.78, 5) is 11.2. The minimum atomic E-state index is -0.912. The topological polar surface area (TPSA) is 61.5 Å². The van der Waals surface area contributed by atoms with E-state index in [1.165, 1.54) is 26.2 Å². The van der Waals surface area contributed by atoms with Crippen molar-refractivity contribution in [2.75, 3.05) is 13.7 Å². The van der Waals surface area contributed by atoms with Crippen LogP contribution in [0.4, 0.5) is 4.39 Å². The molecule has 5 heteroatoms. The summed E-state index contributed by atoms with van der Waals surface area (Å²) in [6, 6.07) is 4.32. The average molecular weight is 251 g/mol. The van der Waals surface area contributed by atoms with Gasteiger partial charge in [0.15, 0.2) is 17.7 Å². The second-order valence-electron chi connectivity index (χ2n) is 3.41. The number of halogens is 1. The van der Waals surface area contributed by atoms with Crippen LogP contribution in [0.1, 0.15) is 12.5 Å². The van der Waals surface area contributed by atoms with Gasteiger partial charge in [0, 0.05) is 0 Å². The standard InChI is InChI=1S/C13H14FNO3/c1-9(13(16)17-2)18-12-10(6-4-8-15)5-3-7-11(12)14/h3,5,7,9H,8,15H2,1-2H3. The van der Waals surface area contributed by atoms with E-state index >= 15 is 0 Å². The lowest BCUT2D eigenvalue weighted by Gasteiger charge is -2.14. The van der Waals surface area contributed by atoms with Gasteiger partial charge in [-0.1, -0.05) is 17.9 Å². The molecule has 1 aromatic rings. The van der Waals surface area contributed by atoms with Gasteiger partial charge in [-0.3, -0.25) is 0 Å². The van der Waals surface area contributed by atoms with Crippen LogP contribution in [0.3, 0.4) is 0 Å². The largest absolute Gasteiger partial charge is 0.475 e. The first-order valence-corrected chi connectivity index (χ1v) is 5.32. The molecule has 0 aliphatic rings. The van der Waals surface area contributed by atoms with E-state index in [2.05, 4.69) is 16.6 Å². The molecule has 0 saturated carbocycles. The highest BCUT2D eigenvalue weighted by Crippen LogP contribution is 2.23. The zero-order chi connectivity index (χ0) is 13.5. The third-order valence-corrected chi connectivity index (χ3v) is 2.12. The van der Waals surface area contributed by atoms with Crippen molar-refractivity contribution in [2.45, 2.75) is 13.0 Å². The Morgan fingerprint density at radius 2 is 2.28 bits per heavy atom. The lowest BCUT2D eigenvalue weighted by molar-refractivity contribution is -0.148. The van der Waals surface area contributed by atoms with E-state index in [-0.39, 0.29) is 12.3 Å². The summed E-state index contributed by atoms with van der Waals surface area (Å²) in [5, 5.41) is 0. The molecule has 0 spiro atoms. The lowest BCUT2D eigenvalue weighted by Crippen LogP contribution is -2.25. The number of hydrogen-bond acceptors (Lipinski definition) is 4. The van der Waals surface area contributed by atoms with Crippen molar-refractivity contribution < 1.29 is 18.7 Å². The summed E-state index contributed by atoms with van der Waals surface area (Å²) in [5.41, 5.74) is 5.60. The molecule has 0 aliphatic carbocycles. The maximum atomic E-state index is 13.6. The van der Waals surface area contributed by atoms with Crippen LogP contribution in [0.15, 0.2) is 18.2 Å². The summed E-state index contributed by atoms with van der Waals surface area (Å²) in [5.74, 6) is 4.04. The zero-order valence-corrected chi connectivity index (χ0v) is 10.2. The molecule has 0 saturated heterocycles. The van der Waals surface area contributed by atoms with Crippen LogP contribution < -0.4 is 10.5 Å². The number of esters is 1. The smallest absolute Gasteiger partial charge is 0.346 e. The summed E-state index contributed by atoms with van der Waals surface area (Å²) in [6.07, 6.45) is -0.912. The average Bonchev–Trinajstić information content (AvgIpc) is 2.38. The summed E-state index contributed by atoms with van der Waals surface area (Å²) < 4.78 is 23.4. The molecule has 2 N–H and O–H groups in total. The molecule has 1 atom stereocenters. The Hall–Kier alpha value is -2.06. The molecular formula is C13H14FNO3. The third kappa shape index (κ3) is 3.47. The van der Waals surface area contributed by atoms with Crippen molar-refractivity contribution >= 4 is 5.97 Å². The van der Waals surface area contributed by atoms with Gasteiger partial charge in [0.25, 0.3) is 0 Å². The fourth-order valence-electron chi connectivity index (χ4n) is 1.26. The molecule has 0 aliphatic heterocycles. The van der Waals surface area contributed by atoms with Crippen molar-refractivity contribution in [3.05, 3.63) is 29.6 Å². The van der Waals surface area contributed by atoms with E-state index in [9.17, 15) is 9.18 Å². The number of benzene rings is 1.